The quantitative estimate of drug-likeness (QED) is 0.587. The molecule has 0 bridgehead atoms. The number of carbonyl (C=O) groups is 1. The molecule has 6 heteroatoms. The lowest BCUT2D eigenvalue weighted by Crippen LogP contribution is -2.37. The predicted molar refractivity (Wildman–Crippen MR) is 55.2 cm³/mol. The fourth-order valence-electron chi connectivity index (χ4n) is 1.56. The second-order valence-electron chi connectivity index (χ2n) is 3.45. The lowest BCUT2D eigenvalue weighted by molar-refractivity contribution is 0.0935. The molecule has 1 unspecified atom stereocenters. The van der Waals surface area contributed by atoms with Crippen molar-refractivity contribution in [2.45, 2.75) is 12.5 Å². The number of aromatic nitrogens is 2. The molecule has 1 aliphatic heterocycles. The summed E-state index contributed by atoms with van der Waals surface area (Å²) < 4.78 is 0. The number of hydrogen-bond donors (Lipinski definition) is 3. The number of nitrogens with two attached hydrogens (primary N) is 1. The SMILES string of the molecule is Nc1nccnc1C(=O)NC1CCNC1. The zero-order valence-corrected chi connectivity index (χ0v) is 8.23. The van der Waals surface area contributed by atoms with E-state index in [0.29, 0.717) is 0 Å². The predicted octanol–water partition coefficient (Wildman–Crippen LogP) is -0.850. The first-order chi connectivity index (χ1) is 7.27. The van der Waals surface area contributed by atoms with Crippen molar-refractivity contribution in [2.24, 2.45) is 0 Å². The topological polar surface area (TPSA) is 92.9 Å². The lowest BCUT2D eigenvalue weighted by Gasteiger charge is -2.10. The Labute approximate surface area is 87.3 Å². The van der Waals surface area contributed by atoms with E-state index in [-0.39, 0.29) is 23.5 Å². The minimum absolute atomic E-state index is 0.166. The summed E-state index contributed by atoms with van der Waals surface area (Å²) in [4.78, 5) is 19.4. The molecule has 1 aromatic rings. The van der Waals surface area contributed by atoms with Crippen LogP contribution in [0, 0.1) is 0 Å². The van der Waals surface area contributed by atoms with Crippen LogP contribution < -0.4 is 16.4 Å². The Morgan fingerprint density at radius 1 is 1.53 bits per heavy atom. The Kier molecular flexibility index (Phi) is 2.77. The van der Waals surface area contributed by atoms with Gasteiger partial charge in [-0.25, -0.2) is 9.97 Å². The molecular weight excluding hydrogens is 194 g/mol. The Hall–Kier alpha value is -1.69. The van der Waals surface area contributed by atoms with E-state index >= 15 is 0 Å². The van der Waals surface area contributed by atoms with Gasteiger partial charge in [-0.2, -0.15) is 0 Å². The van der Waals surface area contributed by atoms with Crippen molar-refractivity contribution in [3.63, 3.8) is 0 Å². The van der Waals surface area contributed by atoms with Crippen molar-refractivity contribution in [1.29, 1.82) is 0 Å². The Balaban J connectivity index is 2.04. The van der Waals surface area contributed by atoms with E-state index in [0.717, 1.165) is 19.5 Å². The van der Waals surface area contributed by atoms with Crippen LogP contribution in [-0.4, -0.2) is 35.0 Å². The number of hydrogen-bond acceptors (Lipinski definition) is 5. The molecule has 2 heterocycles. The molecule has 15 heavy (non-hydrogen) atoms. The van der Waals surface area contributed by atoms with Crippen LogP contribution in [-0.2, 0) is 0 Å². The molecule has 1 aromatic heterocycles. The second-order valence-corrected chi connectivity index (χ2v) is 3.45. The van der Waals surface area contributed by atoms with Crippen LogP contribution in [0.25, 0.3) is 0 Å². The van der Waals surface area contributed by atoms with Crippen LogP contribution in [0.1, 0.15) is 16.9 Å². The highest BCUT2D eigenvalue weighted by Gasteiger charge is 2.19. The highest BCUT2D eigenvalue weighted by molar-refractivity contribution is 5.96. The van der Waals surface area contributed by atoms with Crippen molar-refractivity contribution in [1.82, 2.24) is 20.6 Å². The molecule has 0 spiro atoms. The van der Waals surface area contributed by atoms with Crippen LogP contribution in [0.3, 0.4) is 0 Å². The van der Waals surface area contributed by atoms with Gasteiger partial charge < -0.3 is 16.4 Å². The van der Waals surface area contributed by atoms with Crippen LogP contribution in [0.2, 0.25) is 0 Å². The van der Waals surface area contributed by atoms with Gasteiger partial charge in [-0.1, -0.05) is 0 Å². The average Bonchev–Trinajstić information content (AvgIpc) is 2.71. The van der Waals surface area contributed by atoms with E-state index in [2.05, 4.69) is 20.6 Å². The molecule has 1 amide bonds. The molecule has 2 rings (SSSR count). The van der Waals surface area contributed by atoms with E-state index in [4.69, 9.17) is 5.73 Å². The summed E-state index contributed by atoms with van der Waals surface area (Å²) in [5.74, 6) is -0.0877. The summed E-state index contributed by atoms with van der Waals surface area (Å²) in [7, 11) is 0. The van der Waals surface area contributed by atoms with Crippen molar-refractivity contribution in [3.8, 4) is 0 Å². The van der Waals surface area contributed by atoms with E-state index in [1.807, 2.05) is 0 Å². The number of carbonyl (C=O) groups excluding carboxylic acids is 1. The number of rotatable bonds is 2. The number of nitrogens with zero attached hydrogens (tertiary/aromatic N) is 2. The summed E-state index contributed by atoms with van der Waals surface area (Å²) in [6.07, 6.45) is 3.85. The molecule has 1 aliphatic rings. The summed E-state index contributed by atoms with van der Waals surface area (Å²) in [5.41, 5.74) is 5.74. The maximum atomic E-state index is 11.7. The zero-order chi connectivity index (χ0) is 10.7. The van der Waals surface area contributed by atoms with Crippen LogP contribution >= 0.6 is 0 Å². The Bertz CT molecular complexity index is 361. The fourth-order valence-corrected chi connectivity index (χ4v) is 1.56. The average molecular weight is 207 g/mol. The number of nitrogen functional groups attached to an aromatic ring is 1. The first kappa shape index (κ1) is 9.85. The number of amides is 1. The van der Waals surface area contributed by atoms with Crippen molar-refractivity contribution >= 4 is 11.7 Å². The van der Waals surface area contributed by atoms with Crippen molar-refractivity contribution < 1.29 is 4.79 Å². The molecule has 4 N–H and O–H groups in total. The number of nitrogens with one attached hydrogen (secondary N) is 2. The highest BCUT2D eigenvalue weighted by atomic mass is 16.2. The third-order valence-electron chi connectivity index (χ3n) is 2.34. The van der Waals surface area contributed by atoms with E-state index < -0.39 is 0 Å². The lowest BCUT2D eigenvalue weighted by atomic mass is 10.2. The van der Waals surface area contributed by atoms with Gasteiger partial charge in [0.1, 0.15) is 0 Å². The van der Waals surface area contributed by atoms with E-state index in [1.54, 1.807) is 0 Å². The minimum Gasteiger partial charge on any atom is -0.382 e. The summed E-state index contributed by atoms with van der Waals surface area (Å²) in [6.45, 7) is 1.73. The molecule has 0 aromatic carbocycles. The molecule has 0 radical (unpaired) electrons. The fraction of sp³-hybridized carbons (Fsp3) is 0.444. The largest absolute Gasteiger partial charge is 0.382 e. The zero-order valence-electron chi connectivity index (χ0n) is 8.23. The summed E-state index contributed by atoms with van der Waals surface area (Å²) in [6, 6.07) is 0.166. The molecule has 0 saturated carbocycles. The Morgan fingerprint density at radius 3 is 3.00 bits per heavy atom. The van der Waals surface area contributed by atoms with Gasteiger partial charge in [0.05, 0.1) is 0 Å². The van der Waals surface area contributed by atoms with Gasteiger partial charge in [0.2, 0.25) is 0 Å². The molecule has 1 fully saturated rings. The minimum atomic E-state index is -0.255. The number of anilines is 1. The van der Waals surface area contributed by atoms with Gasteiger partial charge in [-0.3, -0.25) is 4.79 Å². The van der Waals surface area contributed by atoms with Gasteiger partial charge >= 0.3 is 0 Å². The van der Waals surface area contributed by atoms with Gasteiger partial charge in [-0.05, 0) is 13.0 Å². The molecule has 1 saturated heterocycles. The molecule has 6 nitrogen and oxygen atoms in total. The normalized spacial score (nSPS) is 20.1. The first-order valence-electron chi connectivity index (χ1n) is 4.85. The molecule has 1 atom stereocenters. The van der Waals surface area contributed by atoms with Gasteiger partial charge in [0.15, 0.2) is 11.5 Å². The highest BCUT2D eigenvalue weighted by Crippen LogP contribution is 2.04. The molecule has 80 valence electrons. The summed E-state index contributed by atoms with van der Waals surface area (Å²) in [5, 5.41) is 6.01. The standard InChI is InChI=1S/C9H13N5O/c10-8-7(12-3-4-13-8)9(15)14-6-1-2-11-5-6/h3-4,6,11H,1-2,5H2,(H2,10,13)(H,14,15). The second kappa shape index (κ2) is 4.22. The Morgan fingerprint density at radius 2 is 2.33 bits per heavy atom. The molecule has 0 aliphatic carbocycles. The summed E-state index contributed by atoms with van der Waals surface area (Å²) >= 11 is 0. The maximum Gasteiger partial charge on any atom is 0.273 e. The van der Waals surface area contributed by atoms with Gasteiger partial charge in [-0.15, -0.1) is 0 Å². The van der Waals surface area contributed by atoms with Crippen LogP contribution in [0.5, 0.6) is 0 Å². The van der Waals surface area contributed by atoms with Gasteiger partial charge in [0, 0.05) is 25.0 Å². The van der Waals surface area contributed by atoms with E-state index in [9.17, 15) is 4.79 Å². The van der Waals surface area contributed by atoms with Crippen LogP contribution in [0.15, 0.2) is 12.4 Å². The first-order valence-corrected chi connectivity index (χ1v) is 4.85. The van der Waals surface area contributed by atoms with E-state index in [1.165, 1.54) is 12.4 Å². The third kappa shape index (κ3) is 2.21. The monoisotopic (exact) mass is 207 g/mol. The smallest absolute Gasteiger partial charge is 0.273 e. The third-order valence-corrected chi connectivity index (χ3v) is 2.34. The van der Waals surface area contributed by atoms with Gasteiger partial charge in [0.25, 0.3) is 5.91 Å². The molecular formula is C9H13N5O. The van der Waals surface area contributed by atoms with Crippen LogP contribution in [0.4, 0.5) is 5.82 Å². The van der Waals surface area contributed by atoms with Crippen molar-refractivity contribution in [2.75, 3.05) is 18.8 Å². The van der Waals surface area contributed by atoms with Crippen molar-refractivity contribution in [3.05, 3.63) is 18.1 Å². The maximum absolute atomic E-state index is 11.7.